The smallest absolute Gasteiger partial charge is 0.309 e. The van der Waals surface area contributed by atoms with Gasteiger partial charge in [0.15, 0.2) is 5.75 Å². The monoisotopic (exact) mass is 720 g/mol. The van der Waals surface area contributed by atoms with E-state index in [4.69, 9.17) is 13.7 Å². The molecule has 0 aliphatic rings. The molecule has 11 nitrogen and oxygen atoms in total. The number of carbonyl (C=O) groups is 1. The number of phenolic OH excluding ortho intramolecular Hbond substituents is 1. The van der Waals surface area contributed by atoms with Crippen molar-refractivity contribution < 1.29 is 36.9 Å². The van der Waals surface area contributed by atoms with Gasteiger partial charge in [-0.15, -0.1) is 0 Å². The molecule has 4 aromatic carbocycles. The van der Waals surface area contributed by atoms with Gasteiger partial charge in [-0.1, -0.05) is 77.9 Å². The highest BCUT2D eigenvalue weighted by molar-refractivity contribution is 7.87. The van der Waals surface area contributed by atoms with Crippen molar-refractivity contribution in [3.05, 3.63) is 99.6 Å². The fourth-order valence-corrected chi connectivity index (χ4v) is 6.35. The van der Waals surface area contributed by atoms with Crippen LogP contribution in [-0.2, 0) is 20.9 Å². The number of nitrogens with zero attached hydrogens (tertiary/aromatic N) is 1. The van der Waals surface area contributed by atoms with Crippen molar-refractivity contribution >= 4 is 32.5 Å². The van der Waals surface area contributed by atoms with Gasteiger partial charge < -0.3 is 24.1 Å². The number of carbonyl (C=O) groups excluding carboxylic acids is 1. The van der Waals surface area contributed by atoms with Crippen LogP contribution in [0, 0.1) is 10.1 Å². The molecule has 0 spiro atoms. The number of rotatable bonds is 18. The van der Waals surface area contributed by atoms with Crippen molar-refractivity contribution in [2.45, 2.75) is 78.1 Å². The summed E-state index contributed by atoms with van der Waals surface area (Å²) < 4.78 is 43.1. The van der Waals surface area contributed by atoms with Gasteiger partial charge in [-0.05, 0) is 66.3 Å². The van der Waals surface area contributed by atoms with Crippen molar-refractivity contribution in [2.75, 3.05) is 25.5 Å². The zero-order valence-corrected chi connectivity index (χ0v) is 31.0. The van der Waals surface area contributed by atoms with Crippen molar-refractivity contribution in [1.82, 2.24) is 5.32 Å². The summed E-state index contributed by atoms with van der Waals surface area (Å²) in [5.74, 6) is -0.183. The molecule has 0 bridgehead atoms. The zero-order chi connectivity index (χ0) is 37.4. The summed E-state index contributed by atoms with van der Waals surface area (Å²) >= 11 is 0. The molecule has 0 saturated carbocycles. The first kappa shape index (κ1) is 39.0. The Morgan fingerprint density at radius 3 is 2.14 bits per heavy atom. The third-order valence-electron chi connectivity index (χ3n) is 9.42. The van der Waals surface area contributed by atoms with Gasteiger partial charge in [-0.25, -0.2) is 0 Å². The fraction of sp³-hybridized carbons (Fsp3) is 0.410. The molecule has 1 amide bonds. The number of amides is 1. The van der Waals surface area contributed by atoms with E-state index < -0.39 is 26.7 Å². The number of ether oxygens (including phenoxy) is 2. The van der Waals surface area contributed by atoms with Crippen LogP contribution in [0.15, 0.2) is 72.8 Å². The Labute approximate surface area is 300 Å². The van der Waals surface area contributed by atoms with Crippen LogP contribution in [0.25, 0.3) is 10.8 Å². The van der Waals surface area contributed by atoms with Crippen molar-refractivity contribution in [1.29, 1.82) is 0 Å². The lowest BCUT2D eigenvalue weighted by Crippen LogP contribution is -2.26. The lowest BCUT2D eigenvalue weighted by Gasteiger charge is -2.30. The first-order valence-corrected chi connectivity index (χ1v) is 18.8. The van der Waals surface area contributed by atoms with Crippen LogP contribution in [0.4, 0.5) is 5.69 Å². The number of aromatic hydroxyl groups is 1. The molecule has 0 radical (unpaired) electrons. The van der Waals surface area contributed by atoms with E-state index in [1.807, 2.05) is 6.07 Å². The van der Waals surface area contributed by atoms with Gasteiger partial charge >= 0.3 is 10.1 Å². The van der Waals surface area contributed by atoms with Crippen molar-refractivity contribution in [2.24, 2.45) is 0 Å². The largest absolute Gasteiger partial charge is 0.506 e. The van der Waals surface area contributed by atoms with Crippen molar-refractivity contribution in [3.63, 3.8) is 0 Å². The second-order valence-corrected chi connectivity index (χ2v) is 15.4. The number of phenols is 1. The molecular weight excluding hydrogens is 673 g/mol. The predicted octanol–water partition coefficient (Wildman–Crippen LogP) is 8.21. The van der Waals surface area contributed by atoms with Crippen LogP contribution < -0.4 is 19.0 Å². The first-order chi connectivity index (χ1) is 24.1. The maximum Gasteiger partial charge on any atom is 0.309 e. The summed E-state index contributed by atoms with van der Waals surface area (Å²) in [6.45, 7) is 13.9. The average Bonchev–Trinajstić information content (AvgIpc) is 3.11. The Bertz CT molecular complexity index is 1960. The van der Waals surface area contributed by atoms with Crippen molar-refractivity contribution in [3.8, 4) is 23.0 Å². The normalized spacial score (nSPS) is 12.0. The molecular formula is C39H48N2O9S. The second-order valence-electron chi connectivity index (χ2n) is 13.8. The minimum Gasteiger partial charge on any atom is -0.506 e. The van der Waals surface area contributed by atoms with E-state index in [0.717, 1.165) is 24.2 Å². The lowest BCUT2D eigenvalue weighted by atomic mass is 9.76. The predicted molar refractivity (Wildman–Crippen MR) is 199 cm³/mol. The number of hydrogen-bond acceptors (Lipinski definition) is 9. The van der Waals surface area contributed by atoms with Gasteiger partial charge in [-0.2, -0.15) is 8.42 Å². The van der Waals surface area contributed by atoms with E-state index in [1.54, 1.807) is 24.3 Å². The highest BCUT2D eigenvalue weighted by atomic mass is 32.2. The number of nitro groups is 1. The van der Waals surface area contributed by atoms with Crippen LogP contribution in [0.3, 0.4) is 0 Å². The van der Waals surface area contributed by atoms with Crippen LogP contribution in [-0.4, -0.2) is 49.9 Å². The molecule has 0 unspecified atom stereocenters. The molecule has 2 N–H and O–H groups in total. The minimum atomic E-state index is -4.13. The SMILES string of the molecule is CCC(C)(C)c1ccc(OCCCNC(=O)c2cc(OS(=O)(=O)CCCOc3ccc([N+](=O)[O-])cc3)c3ccccc3c2O)c(C(C)(C)CC)c1. The number of fused-ring (bicyclic) bond motifs is 1. The van der Waals surface area contributed by atoms with Crippen LogP contribution in [0.5, 0.6) is 23.0 Å². The second kappa shape index (κ2) is 16.5. The molecule has 4 rings (SSSR count). The highest BCUT2D eigenvalue weighted by Crippen LogP contribution is 2.39. The van der Waals surface area contributed by atoms with Gasteiger partial charge in [0.2, 0.25) is 0 Å². The average molecular weight is 721 g/mol. The van der Waals surface area contributed by atoms with Gasteiger partial charge in [0.05, 0.1) is 29.5 Å². The maximum atomic E-state index is 13.3. The molecule has 51 heavy (non-hydrogen) atoms. The first-order valence-electron chi connectivity index (χ1n) is 17.2. The molecule has 0 aromatic heterocycles. The van der Waals surface area contributed by atoms with E-state index in [1.165, 1.54) is 35.9 Å². The third-order valence-corrected chi connectivity index (χ3v) is 10.6. The Hall–Kier alpha value is -4.84. The van der Waals surface area contributed by atoms with E-state index in [2.05, 4.69) is 59.0 Å². The number of non-ortho nitro benzene ring substituents is 1. The molecule has 0 fully saturated rings. The molecule has 12 heteroatoms. The van der Waals surface area contributed by atoms with Crippen LogP contribution >= 0.6 is 0 Å². The summed E-state index contributed by atoms with van der Waals surface area (Å²) in [4.78, 5) is 23.6. The number of hydrogen-bond donors (Lipinski definition) is 2. The Balaban J connectivity index is 1.38. The summed E-state index contributed by atoms with van der Waals surface area (Å²) in [6, 6.07) is 19.6. The molecule has 0 aliphatic heterocycles. The highest BCUT2D eigenvalue weighted by Gasteiger charge is 2.27. The Kier molecular flexibility index (Phi) is 12.6. The quantitative estimate of drug-likeness (QED) is 0.0448. The van der Waals surface area contributed by atoms with E-state index in [0.29, 0.717) is 24.2 Å². The van der Waals surface area contributed by atoms with Gasteiger partial charge in [-0.3, -0.25) is 14.9 Å². The summed E-state index contributed by atoms with van der Waals surface area (Å²) in [7, 11) is -4.13. The van der Waals surface area contributed by atoms with E-state index in [-0.39, 0.29) is 58.5 Å². The third kappa shape index (κ3) is 9.90. The van der Waals surface area contributed by atoms with Crippen LogP contribution in [0.1, 0.15) is 88.7 Å². The lowest BCUT2D eigenvalue weighted by molar-refractivity contribution is -0.384. The standard InChI is InChI=1S/C39H48N2O9S/c1-7-38(3,4)27-15-20-34(33(25-27)39(5,6)8-2)49-22-11-21-40-37(43)32-26-35(30-13-9-10-14-31(30)36(32)42)50-51(46,47)24-12-23-48-29-18-16-28(17-19-29)41(44)45/h9-10,13-20,25-26,42H,7-8,11-12,21-24H2,1-6H3,(H,40,43). The molecule has 0 heterocycles. The van der Waals surface area contributed by atoms with E-state index in [9.17, 15) is 28.4 Å². The number of benzene rings is 4. The number of nitrogens with one attached hydrogen (secondary N) is 1. The zero-order valence-electron chi connectivity index (χ0n) is 30.2. The van der Waals surface area contributed by atoms with E-state index >= 15 is 0 Å². The van der Waals surface area contributed by atoms with Crippen LogP contribution in [0.2, 0.25) is 0 Å². The molecule has 0 saturated heterocycles. The van der Waals surface area contributed by atoms with Gasteiger partial charge in [0, 0.05) is 35.0 Å². The molecule has 274 valence electrons. The minimum absolute atomic E-state index is 0.0219. The van der Waals surface area contributed by atoms with Gasteiger partial charge in [0.25, 0.3) is 11.6 Å². The summed E-state index contributed by atoms with van der Waals surface area (Å²) in [5.41, 5.74) is 2.16. The Morgan fingerprint density at radius 1 is 0.843 bits per heavy atom. The number of nitro benzene ring substituents is 1. The topological polar surface area (TPSA) is 154 Å². The Morgan fingerprint density at radius 2 is 1.49 bits per heavy atom. The summed E-state index contributed by atoms with van der Waals surface area (Å²) in [5, 5.41) is 25.2. The summed E-state index contributed by atoms with van der Waals surface area (Å²) in [6.07, 6.45) is 2.52. The fourth-order valence-electron chi connectivity index (χ4n) is 5.39. The molecule has 4 aromatic rings. The van der Waals surface area contributed by atoms with Gasteiger partial charge in [0.1, 0.15) is 17.2 Å². The maximum absolute atomic E-state index is 13.3. The molecule has 0 aliphatic carbocycles. The molecule has 0 atom stereocenters.